The number of hydrogen-bond acceptors (Lipinski definition) is 2. The Morgan fingerprint density at radius 1 is 1.35 bits per heavy atom. The minimum Gasteiger partial charge on any atom is -0.329 e. The van der Waals surface area contributed by atoms with Gasteiger partial charge in [0, 0.05) is 25.4 Å². The van der Waals surface area contributed by atoms with Crippen LogP contribution in [0, 0.1) is 0 Å². The van der Waals surface area contributed by atoms with Crippen LogP contribution >= 0.6 is 0 Å². The number of nitrogens with zero attached hydrogens (tertiary/aromatic N) is 2. The number of aromatic nitrogens is 2. The van der Waals surface area contributed by atoms with E-state index in [-0.39, 0.29) is 18.0 Å². The summed E-state index contributed by atoms with van der Waals surface area (Å²) in [6.07, 6.45) is -1.33. The highest BCUT2D eigenvalue weighted by Crippen LogP contribution is 2.29. The van der Waals surface area contributed by atoms with Crippen molar-refractivity contribution in [3.05, 3.63) is 53.6 Å². The van der Waals surface area contributed by atoms with E-state index in [4.69, 9.17) is 0 Å². The molecule has 0 amide bonds. The molecule has 1 heterocycles. The summed E-state index contributed by atoms with van der Waals surface area (Å²) in [5.74, 6) is -0.0268. The first kappa shape index (κ1) is 14.3. The zero-order valence-electron chi connectivity index (χ0n) is 10.8. The van der Waals surface area contributed by atoms with E-state index in [0.717, 1.165) is 12.1 Å². The Kier molecular flexibility index (Phi) is 3.92. The summed E-state index contributed by atoms with van der Waals surface area (Å²) in [6.45, 7) is 2.45. The average Bonchev–Trinajstić information content (AvgIpc) is 2.86. The number of benzene rings is 1. The predicted molar refractivity (Wildman–Crippen MR) is 67.4 cm³/mol. The first-order chi connectivity index (χ1) is 9.41. The van der Waals surface area contributed by atoms with Crippen LogP contribution in [-0.2, 0) is 19.1 Å². The number of carbonyl (C=O) groups excluding carboxylic acids is 1. The molecule has 0 aliphatic heterocycles. The molecule has 20 heavy (non-hydrogen) atoms. The fourth-order valence-corrected chi connectivity index (χ4v) is 1.94. The Labute approximate surface area is 114 Å². The molecule has 0 unspecified atom stereocenters. The van der Waals surface area contributed by atoms with Crippen LogP contribution in [0.2, 0.25) is 0 Å². The molecule has 0 aliphatic carbocycles. The maximum atomic E-state index is 12.6. The molecule has 6 heteroatoms. The average molecular weight is 282 g/mol. The predicted octanol–water partition coefficient (Wildman–Crippen LogP) is 3.35. The molecule has 0 radical (unpaired) electrons. The quantitative estimate of drug-likeness (QED) is 0.806. The van der Waals surface area contributed by atoms with Crippen LogP contribution in [0.15, 0.2) is 36.7 Å². The Balaban J connectivity index is 2.20. The second-order valence-electron chi connectivity index (χ2n) is 4.33. The summed E-state index contributed by atoms with van der Waals surface area (Å²) in [5, 5.41) is 0. The molecule has 1 aromatic carbocycles. The lowest BCUT2D eigenvalue weighted by atomic mass is 10.1. The molecule has 1 aromatic heterocycles. The van der Waals surface area contributed by atoms with Gasteiger partial charge in [-0.25, -0.2) is 4.98 Å². The molecule has 0 N–H and O–H groups in total. The molecule has 0 bridgehead atoms. The zero-order valence-corrected chi connectivity index (χ0v) is 10.8. The molecule has 0 fully saturated rings. The van der Waals surface area contributed by atoms with Gasteiger partial charge in [-0.2, -0.15) is 13.2 Å². The summed E-state index contributed by atoms with van der Waals surface area (Å²) in [4.78, 5) is 16.0. The van der Waals surface area contributed by atoms with E-state index in [2.05, 4.69) is 4.98 Å². The molecule has 0 saturated heterocycles. The van der Waals surface area contributed by atoms with Crippen LogP contribution in [0.4, 0.5) is 13.2 Å². The molecular weight excluding hydrogens is 269 g/mol. The summed E-state index contributed by atoms with van der Waals surface area (Å²) in [7, 11) is 0. The van der Waals surface area contributed by atoms with Crippen molar-refractivity contribution in [1.82, 2.24) is 9.55 Å². The molecule has 3 nitrogen and oxygen atoms in total. The van der Waals surface area contributed by atoms with Gasteiger partial charge in [0.2, 0.25) is 5.78 Å². The number of aryl methyl sites for hydroxylation is 1. The van der Waals surface area contributed by atoms with Crippen molar-refractivity contribution in [3.63, 3.8) is 0 Å². The Bertz CT molecular complexity index is 617. The van der Waals surface area contributed by atoms with E-state index >= 15 is 0 Å². The van der Waals surface area contributed by atoms with Gasteiger partial charge in [-0.3, -0.25) is 4.79 Å². The monoisotopic (exact) mass is 282 g/mol. The van der Waals surface area contributed by atoms with Crippen LogP contribution in [0.5, 0.6) is 0 Å². The first-order valence-electron chi connectivity index (χ1n) is 6.12. The van der Waals surface area contributed by atoms with Crippen LogP contribution in [0.25, 0.3) is 0 Å². The molecule has 0 spiro atoms. The SMILES string of the molecule is CCn1ccnc1C(=O)Cc1cccc(C(F)(F)F)c1. The van der Waals surface area contributed by atoms with Crippen LogP contribution in [-0.4, -0.2) is 15.3 Å². The van der Waals surface area contributed by atoms with Gasteiger partial charge in [0.1, 0.15) is 0 Å². The van der Waals surface area contributed by atoms with Crippen LogP contribution < -0.4 is 0 Å². The van der Waals surface area contributed by atoms with Gasteiger partial charge in [-0.1, -0.05) is 18.2 Å². The first-order valence-corrected chi connectivity index (χ1v) is 6.12. The molecule has 0 aliphatic rings. The summed E-state index contributed by atoms with van der Waals surface area (Å²) in [6, 6.07) is 4.79. The number of carbonyl (C=O) groups is 1. The second-order valence-corrected chi connectivity index (χ2v) is 4.33. The maximum Gasteiger partial charge on any atom is 0.416 e. The van der Waals surface area contributed by atoms with Gasteiger partial charge in [-0.15, -0.1) is 0 Å². The Hall–Kier alpha value is -2.11. The van der Waals surface area contributed by atoms with Crippen molar-refractivity contribution in [2.24, 2.45) is 0 Å². The summed E-state index contributed by atoms with van der Waals surface area (Å²) in [5.41, 5.74) is -0.419. The van der Waals surface area contributed by atoms with Crippen LogP contribution in [0.1, 0.15) is 28.7 Å². The van der Waals surface area contributed by atoms with E-state index in [1.807, 2.05) is 6.92 Å². The van der Waals surface area contributed by atoms with Crippen molar-refractivity contribution < 1.29 is 18.0 Å². The number of rotatable bonds is 4. The van der Waals surface area contributed by atoms with Crippen LogP contribution in [0.3, 0.4) is 0 Å². The molecule has 0 saturated carbocycles. The third kappa shape index (κ3) is 3.07. The normalized spacial score (nSPS) is 11.6. The number of ketones is 1. The van der Waals surface area contributed by atoms with Crippen molar-refractivity contribution in [1.29, 1.82) is 0 Å². The molecule has 2 aromatic rings. The number of alkyl halides is 3. The molecule has 2 rings (SSSR count). The molecule has 106 valence electrons. The van der Waals surface area contributed by atoms with E-state index in [1.54, 1.807) is 10.8 Å². The lowest BCUT2D eigenvalue weighted by molar-refractivity contribution is -0.137. The molecule has 0 atom stereocenters. The standard InChI is InChI=1S/C14H13F3N2O/c1-2-19-7-6-18-13(19)12(20)9-10-4-3-5-11(8-10)14(15,16)17/h3-8H,2,9H2,1H3. The Morgan fingerprint density at radius 2 is 2.10 bits per heavy atom. The second kappa shape index (κ2) is 5.48. The third-order valence-electron chi connectivity index (χ3n) is 2.92. The number of hydrogen-bond donors (Lipinski definition) is 0. The van der Waals surface area contributed by atoms with Gasteiger partial charge in [0.15, 0.2) is 5.82 Å². The van der Waals surface area contributed by atoms with Gasteiger partial charge in [0.25, 0.3) is 0 Å². The highest BCUT2D eigenvalue weighted by atomic mass is 19.4. The lowest BCUT2D eigenvalue weighted by Crippen LogP contribution is -2.12. The highest BCUT2D eigenvalue weighted by Gasteiger charge is 2.30. The highest BCUT2D eigenvalue weighted by molar-refractivity contribution is 5.94. The van der Waals surface area contributed by atoms with Gasteiger partial charge in [0.05, 0.1) is 5.56 Å². The summed E-state index contributed by atoms with van der Waals surface area (Å²) < 4.78 is 39.5. The van der Waals surface area contributed by atoms with Crippen molar-refractivity contribution >= 4 is 5.78 Å². The fraction of sp³-hybridized carbons (Fsp3) is 0.286. The maximum absolute atomic E-state index is 12.6. The number of Topliss-reactive ketones (excluding diaryl/α,β-unsaturated/α-hetero) is 1. The lowest BCUT2D eigenvalue weighted by Gasteiger charge is -2.08. The van der Waals surface area contributed by atoms with Crippen molar-refractivity contribution in [3.8, 4) is 0 Å². The third-order valence-corrected chi connectivity index (χ3v) is 2.92. The molecular formula is C14H13F3N2O. The van der Waals surface area contributed by atoms with E-state index in [0.29, 0.717) is 12.1 Å². The smallest absolute Gasteiger partial charge is 0.329 e. The van der Waals surface area contributed by atoms with E-state index in [1.165, 1.54) is 18.3 Å². The van der Waals surface area contributed by atoms with Gasteiger partial charge in [-0.05, 0) is 18.6 Å². The Morgan fingerprint density at radius 3 is 2.75 bits per heavy atom. The summed E-state index contributed by atoms with van der Waals surface area (Å²) >= 11 is 0. The number of halogens is 3. The topological polar surface area (TPSA) is 34.9 Å². The van der Waals surface area contributed by atoms with E-state index < -0.39 is 11.7 Å². The largest absolute Gasteiger partial charge is 0.416 e. The van der Waals surface area contributed by atoms with Gasteiger partial charge < -0.3 is 4.57 Å². The van der Waals surface area contributed by atoms with Gasteiger partial charge >= 0.3 is 6.18 Å². The minimum atomic E-state index is -4.40. The van der Waals surface area contributed by atoms with E-state index in [9.17, 15) is 18.0 Å². The fourth-order valence-electron chi connectivity index (χ4n) is 1.94. The van der Waals surface area contributed by atoms with Crippen molar-refractivity contribution in [2.45, 2.75) is 26.1 Å². The number of imidazole rings is 1. The zero-order chi connectivity index (χ0) is 14.8. The minimum absolute atomic E-state index is 0.0963. The van der Waals surface area contributed by atoms with Crippen molar-refractivity contribution in [2.75, 3.05) is 0 Å².